The maximum Gasteiger partial charge on any atom is 0.253 e. The van der Waals surface area contributed by atoms with Crippen LogP contribution in [0.3, 0.4) is 0 Å². The van der Waals surface area contributed by atoms with Crippen LogP contribution in [0, 0.1) is 0 Å². The molecule has 2 aliphatic rings. The van der Waals surface area contributed by atoms with Gasteiger partial charge in [-0.15, -0.1) is 0 Å². The highest BCUT2D eigenvalue weighted by molar-refractivity contribution is 5.94. The van der Waals surface area contributed by atoms with Crippen LogP contribution in [0.2, 0.25) is 0 Å². The van der Waals surface area contributed by atoms with E-state index in [2.05, 4.69) is 4.90 Å². The molecule has 0 aromatic heterocycles. The lowest BCUT2D eigenvalue weighted by molar-refractivity contribution is 0.0749. The zero-order valence-corrected chi connectivity index (χ0v) is 15.8. The average Bonchev–Trinajstić information content (AvgIpc) is 2.92. The molecule has 0 bridgehead atoms. The van der Waals surface area contributed by atoms with Gasteiger partial charge in [0.2, 0.25) is 0 Å². The van der Waals surface area contributed by atoms with Crippen molar-refractivity contribution in [1.82, 2.24) is 9.80 Å². The summed E-state index contributed by atoms with van der Waals surface area (Å²) in [6.07, 6.45) is 5.09. The summed E-state index contributed by atoms with van der Waals surface area (Å²) < 4.78 is 5.82. The summed E-state index contributed by atoms with van der Waals surface area (Å²) in [5.41, 5.74) is 1.79. The minimum atomic E-state index is 0.145. The molecule has 1 saturated carbocycles. The summed E-state index contributed by atoms with van der Waals surface area (Å²) in [5.74, 6) is 0.991. The van der Waals surface area contributed by atoms with E-state index in [1.54, 1.807) is 0 Å². The van der Waals surface area contributed by atoms with Gasteiger partial charge < -0.3 is 9.64 Å². The molecular formula is C23H28N2O2. The van der Waals surface area contributed by atoms with Crippen molar-refractivity contribution in [3.05, 3.63) is 65.7 Å². The number of carbonyl (C=O) groups excluding carboxylic acids is 1. The molecule has 0 spiro atoms. The molecule has 0 radical (unpaired) electrons. The number of benzene rings is 2. The molecule has 2 fully saturated rings. The summed E-state index contributed by atoms with van der Waals surface area (Å²) in [5, 5.41) is 0. The van der Waals surface area contributed by atoms with E-state index in [1.807, 2.05) is 59.5 Å². The molecule has 0 atom stereocenters. The number of carbonyl (C=O) groups is 1. The normalized spacial score (nSPS) is 18.6. The van der Waals surface area contributed by atoms with E-state index in [-0.39, 0.29) is 5.91 Å². The van der Waals surface area contributed by atoms with E-state index >= 15 is 0 Å². The second kappa shape index (κ2) is 8.57. The van der Waals surface area contributed by atoms with Crippen molar-refractivity contribution < 1.29 is 9.53 Å². The fourth-order valence-corrected chi connectivity index (χ4v) is 3.92. The average molecular weight is 364 g/mol. The first-order valence-electron chi connectivity index (χ1n) is 10.1. The van der Waals surface area contributed by atoms with Crippen LogP contribution in [0.15, 0.2) is 54.6 Å². The summed E-state index contributed by atoms with van der Waals surface area (Å²) in [6, 6.07) is 18.4. The molecule has 4 heteroatoms. The van der Waals surface area contributed by atoms with E-state index in [0.29, 0.717) is 6.61 Å². The summed E-state index contributed by atoms with van der Waals surface area (Å²) in [6.45, 7) is 4.29. The number of hydrogen-bond acceptors (Lipinski definition) is 3. The molecule has 1 heterocycles. The number of rotatable bonds is 5. The maximum absolute atomic E-state index is 13.0. The minimum Gasteiger partial charge on any atom is -0.489 e. The summed E-state index contributed by atoms with van der Waals surface area (Å²) in [7, 11) is 0. The molecule has 2 aromatic rings. The number of para-hydroxylation sites is 1. The van der Waals surface area contributed by atoms with Crippen LogP contribution in [-0.2, 0) is 6.61 Å². The molecule has 27 heavy (non-hydrogen) atoms. The van der Waals surface area contributed by atoms with Gasteiger partial charge in [0.1, 0.15) is 12.4 Å². The molecular weight excluding hydrogens is 336 g/mol. The molecule has 1 aliphatic heterocycles. The van der Waals surface area contributed by atoms with Gasteiger partial charge in [-0.1, -0.05) is 36.8 Å². The smallest absolute Gasteiger partial charge is 0.253 e. The van der Waals surface area contributed by atoms with Crippen molar-refractivity contribution in [3.63, 3.8) is 0 Å². The van der Waals surface area contributed by atoms with Crippen molar-refractivity contribution >= 4 is 5.91 Å². The number of ether oxygens (including phenoxy) is 1. The quantitative estimate of drug-likeness (QED) is 0.805. The van der Waals surface area contributed by atoms with Crippen LogP contribution in [0.25, 0.3) is 0 Å². The Bertz CT molecular complexity index is 758. The zero-order valence-electron chi connectivity index (χ0n) is 15.8. The van der Waals surface area contributed by atoms with Crippen molar-refractivity contribution in [2.45, 2.75) is 38.3 Å². The molecule has 4 nitrogen and oxygen atoms in total. The molecule has 1 saturated heterocycles. The van der Waals surface area contributed by atoms with Crippen LogP contribution in [0.1, 0.15) is 41.6 Å². The Balaban J connectivity index is 1.36. The van der Waals surface area contributed by atoms with Crippen molar-refractivity contribution in [3.8, 4) is 5.75 Å². The summed E-state index contributed by atoms with van der Waals surface area (Å²) in [4.78, 5) is 17.6. The van der Waals surface area contributed by atoms with Gasteiger partial charge in [-0.05, 0) is 49.1 Å². The van der Waals surface area contributed by atoms with Gasteiger partial charge in [0, 0.05) is 37.8 Å². The Morgan fingerprint density at radius 1 is 0.926 bits per heavy atom. The van der Waals surface area contributed by atoms with Crippen LogP contribution in [0.5, 0.6) is 5.75 Å². The van der Waals surface area contributed by atoms with Crippen molar-refractivity contribution in [2.75, 3.05) is 26.2 Å². The van der Waals surface area contributed by atoms with Gasteiger partial charge in [0.25, 0.3) is 5.91 Å². The zero-order chi connectivity index (χ0) is 18.5. The van der Waals surface area contributed by atoms with Gasteiger partial charge in [-0.25, -0.2) is 0 Å². The van der Waals surface area contributed by atoms with E-state index in [9.17, 15) is 4.79 Å². The standard InChI is InChI=1S/C23H28N2O2/c26-23(25-14-6-13-24(15-16-25)21-9-5-10-21)20-8-4-7-19(17-20)18-27-22-11-2-1-3-12-22/h1-4,7-8,11-12,17,21H,5-6,9-10,13-16,18H2. The number of hydrogen-bond donors (Lipinski definition) is 0. The molecule has 2 aromatic carbocycles. The second-order valence-electron chi connectivity index (χ2n) is 7.57. The van der Waals surface area contributed by atoms with Gasteiger partial charge in [-0.2, -0.15) is 0 Å². The Labute approximate surface area is 161 Å². The Morgan fingerprint density at radius 3 is 2.56 bits per heavy atom. The third-order valence-corrected chi connectivity index (χ3v) is 5.73. The lowest BCUT2D eigenvalue weighted by atomic mass is 9.91. The fraction of sp³-hybridized carbons (Fsp3) is 0.435. The van der Waals surface area contributed by atoms with E-state index in [4.69, 9.17) is 4.74 Å². The number of amides is 1. The first kappa shape index (κ1) is 18.1. The van der Waals surface area contributed by atoms with Crippen LogP contribution < -0.4 is 4.74 Å². The molecule has 1 amide bonds. The third kappa shape index (κ3) is 4.51. The largest absolute Gasteiger partial charge is 0.489 e. The fourth-order valence-electron chi connectivity index (χ4n) is 3.92. The SMILES string of the molecule is O=C(c1cccc(COc2ccccc2)c1)N1CCCN(C2CCC2)CC1. The lowest BCUT2D eigenvalue weighted by Gasteiger charge is -2.36. The van der Waals surface area contributed by atoms with E-state index in [0.717, 1.165) is 55.5 Å². The Morgan fingerprint density at radius 2 is 1.78 bits per heavy atom. The van der Waals surface area contributed by atoms with Gasteiger partial charge in [-0.3, -0.25) is 9.69 Å². The highest BCUT2D eigenvalue weighted by Gasteiger charge is 2.28. The predicted octanol–water partition coefficient (Wildman–Crippen LogP) is 3.97. The molecule has 0 unspecified atom stereocenters. The minimum absolute atomic E-state index is 0.145. The number of nitrogens with zero attached hydrogens (tertiary/aromatic N) is 2. The Kier molecular flexibility index (Phi) is 5.73. The van der Waals surface area contributed by atoms with Gasteiger partial charge >= 0.3 is 0 Å². The summed E-state index contributed by atoms with van der Waals surface area (Å²) >= 11 is 0. The highest BCUT2D eigenvalue weighted by Crippen LogP contribution is 2.25. The Hall–Kier alpha value is -2.33. The molecule has 4 rings (SSSR count). The highest BCUT2D eigenvalue weighted by atomic mass is 16.5. The van der Waals surface area contributed by atoms with Crippen molar-refractivity contribution in [2.24, 2.45) is 0 Å². The first-order valence-corrected chi connectivity index (χ1v) is 10.1. The molecule has 0 N–H and O–H groups in total. The van der Waals surface area contributed by atoms with Gasteiger partial charge in [0.05, 0.1) is 0 Å². The molecule has 1 aliphatic carbocycles. The lowest BCUT2D eigenvalue weighted by Crippen LogP contribution is -2.42. The van der Waals surface area contributed by atoms with Crippen LogP contribution in [0.4, 0.5) is 0 Å². The van der Waals surface area contributed by atoms with E-state index < -0.39 is 0 Å². The topological polar surface area (TPSA) is 32.8 Å². The second-order valence-corrected chi connectivity index (χ2v) is 7.57. The van der Waals surface area contributed by atoms with Crippen molar-refractivity contribution in [1.29, 1.82) is 0 Å². The molecule has 142 valence electrons. The van der Waals surface area contributed by atoms with Crippen LogP contribution >= 0.6 is 0 Å². The maximum atomic E-state index is 13.0. The third-order valence-electron chi connectivity index (χ3n) is 5.73. The predicted molar refractivity (Wildman–Crippen MR) is 107 cm³/mol. The monoisotopic (exact) mass is 364 g/mol. The van der Waals surface area contributed by atoms with E-state index in [1.165, 1.54) is 19.3 Å². The van der Waals surface area contributed by atoms with Gasteiger partial charge in [0.15, 0.2) is 0 Å². The first-order chi connectivity index (χ1) is 13.3. The van der Waals surface area contributed by atoms with Crippen LogP contribution in [-0.4, -0.2) is 47.9 Å².